The SMILES string of the molecule is CC/C=C\C/C=C\C/C=C\C/C=C\C/C=C\C/C=C\C/C=C\C/C=C\C/C=C\C/C=C\CCCCCCC(=O)NC(CO)C(O)/C=C/CC/C=C/CCCCCCCCCCCCCCCCCCCCCCCCC. The van der Waals surface area contributed by atoms with Crippen LogP contribution in [0.2, 0.25) is 0 Å². The molecule has 76 heavy (non-hydrogen) atoms. The number of hydrogen-bond acceptors (Lipinski definition) is 3. The van der Waals surface area contributed by atoms with Gasteiger partial charge in [-0.3, -0.25) is 4.79 Å². The van der Waals surface area contributed by atoms with Gasteiger partial charge >= 0.3 is 0 Å². The van der Waals surface area contributed by atoms with E-state index in [0.29, 0.717) is 6.42 Å². The number of allylic oxidation sites excluding steroid dienone is 23. The first-order chi connectivity index (χ1) is 37.7. The Balaban J connectivity index is 3.66. The number of rotatable bonds is 57. The van der Waals surface area contributed by atoms with E-state index in [1.54, 1.807) is 6.08 Å². The van der Waals surface area contributed by atoms with E-state index in [-0.39, 0.29) is 12.5 Å². The lowest BCUT2D eigenvalue weighted by molar-refractivity contribution is -0.123. The number of hydrogen-bond donors (Lipinski definition) is 3. The summed E-state index contributed by atoms with van der Waals surface area (Å²) < 4.78 is 0. The zero-order valence-corrected chi connectivity index (χ0v) is 49.7. The van der Waals surface area contributed by atoms with Crippen molar-refractivity contribution < 1.29 is 15.0 Å². The van der Waals surface area contributed by atoms with E-state index in [0.717, 1.165) is 116 Å². The minimum atomic E-state index is -0.886. The average molecular weight is 1050 g/mol. The van der Waals surface area contributed by atoms with Crippen LogP contribution in [0.3, 0.4) is 0 Å². The number of unbranched alkanes of at least 4 members (excludes halogenated alkanes) is 28. The summed E-state index contributed by atoms with van der Waals surface area (Å²) in [5.41, 5.74) is 0. The summed E-state index contributed by atoms with van der Waals surface area (Å²) >= 11 is 0. The first-order valence-electron chi connectivity index (χ1n) is 32.0. The summed E-state index contributed by atoms with van der Waals surface area (Å²) in [6, 6.07) is -0.666. The average Bonchev–Trinajstić information content (AvgIpc) is 3.42. The van der Waals surface area contributed by atoms with Gasteiger partial charge in [-0.2, -0.15) is 0 Å². The fourth-order valence-electron chi connectivity index (χ4n) is 8.99. The number of carbonyl (C=O) groups is 1. The van der Waals surface area contributed by atoms with Gasteiger partial charge in [-0.25, -0.2) is 0 Å². The van der Waals surface area contributed by atoms with Crippen LogP contribution in [0.15, 0.2) is 146 Å². The number of amides is 1. The second-order valence-electron chi connectivity index (χ2n) is 21.1. The van der Waals surface area contributed by atoms with E-state index < -0.39 is 12.1 Å². The predicted octanol–water partition coefficient (Wildman–Crippen LogP) is 21.9. The molecule has 0 rings (SSSR count). The van der Waals surface area contributed by atoms with E-state index in [1.807, 2.05) is 6.08 Å². The Morgan fingerprint density at radius 1 is 0.329 bits per heavy atom. The minimum Gasteiger partial charge on any atom is -0.394 e. The Kier molecular flexibility index (Phi) is 62.3. The Bertz CT molecular complexity index is 1560. The maximum Gasteiger partial charge on any atom is 0.220 e. The molecular weight excluding hydrogens is 927 g/mol. The Morgan fingerprint density at radius 3 is 0.921 bits per heavy atom. The molecule has 0 aliphatic heterocycles. The fraction of sp³-hybridized carbons (Fsp3) is 0.653. The van der Waals surface area contributed by atoms with Crippen LogP contribution >= 0.6 is 0 Å². The molecule has 2 atom stereocenters. The van der Waals surface area contributed by atoms with E-state index in [2.05, 4.69) is 153 Å². The molecule has 3 N–H and O–H groups in total. The normalized spacial score (nSPS) is 13.8. The van der Waals surface area contributed by atoms with Gasteiger partial charge < -0.3 is 15.5 Å². The van der Waals surface area contributed by atoms with Crippen molar-refractivity contribution >= 4 is 5.91 Å². The highest BCUT2D eigenvalue weighted by Gasteiger charge is 2.18. The first-order valence-corrected chi connectivity index (χ1v) is 32.0. The van der Waals surface area contributed by atoms with Crippen LogP contribution < -0.4 is 5.32 Å². The van der Waals surface area contributed by atoms with Crippen LogP contribution in [0.1, 0.15) is 284 Å². The third-order valence-electron chi connectivity index (χ3n) is 13.8. The molecule has 0 fully saturated rings. The highest BCUT2D eigenvalue weighted by molar-refractivity contribution is 5.76. The van der Waals surface area contributed by atoms with Crippen LogP contribution in [0, 0.1) is 0 Å². The standard InChI is InChI=1S/C72H121NO3/c1-3-5-7-9-11-13-15-17-19-21-23-25-27-29-31-33-34-35-36-37-38-40-42-44-46-48-50-52-54-56-58-60-62-64-66-68-72(76)73-70(69-74)71(75)67-65-63-61-59-57-55-53-51-49-47-45-43-41-39-32-30-28-26-24-22-20-18-16-14-12-10-8-6-4-2/h5,7,11,13,17,19,23,25,29,31,34-35,37-38,42,44,48,50,54,56-57,59,65,67,70-71,74-75H,3-4,6,8-10,12,14-16,18,20-22,24,26-28,30,32-33,36,39-41,43,45-47,49,51-53,55,58,60-64,66,68-69H2,1-2H3,(H,73,76)/b7-5-,13-11-,19-17-,25-23-,31-29-,35-34-,38-37-,44-42-,50-48-,56-54-,59-57+,67-65+. The maximum absolute atomic E-state index is 12.5. The molecule has 0 heterocycles. The van der Waals surface area contributed by atoms with Crippen molar-refractivity contribution in [2.24, 2.45) is 0 Å². The molecule has 0 aliphatic rings. The molecule has 432 valence electrons. The molecule has 1 amide bonds. The van der Waals surface area contributed by atoms with E-state index >= 15 is 0 Å². The van der Waals surface area contributed by atoms with Crippen molar-refractivity contribution in [3.05, 3.63) is 146 Å². The Labute approximate surface area is 472 Å². The summed E-state index contributed by atoms with van der Waals surface area (Å²) in [5.74, 6) is -0.102. The van der Waals surface area contributed by atoms with Crippen molar-refractivity contribution in [3.8, 4) is 0 Å². The molecule has 0 saturated heterocycles. The molecule has 2 unspecified atom stereocenters. The van der Waals surface area contributed by atoms with Gasteiger partial charge in [0.15, 0.2) is 0 Å². The largest absolute Gasteiger partial charge is 0.394 e. The van der Waals surface area contributed by atoms with Crippen LogP contribution in [0.25, 0.3) is 0 Å². The first kappa shape index (κ1) is 72.3. The molecule has 0 bridgehead atoms. The highest BCUT2D eigenvalue weighted by atomic mass is 16.3. The Hall–Kier alpha value is -3.73. The van der Waals surface area contributed by atoms with E-state index in [9.17, 15) is 15.0 Å². The van der Waals surface area contributed by atoms with E-state index in [1.165, 1.54) is 148 Å². The summed E-state index contributed by atoms with van der Waals surface area (Å²) in [7, 11) is 0. The van der Waals surface area contributed by atoms with Crippen LogP contribution in [0.4, 0.5) is 0 Å². The molecule has 0 saturated carbocycles. The summed E-state index contributed by atoms with van der Waals surface area (Å²) in [6.07, 6.45) is 103. The number of carbonyl (C=O) groups excluding carboxylic acids is 1. The fourth-order valence-corrected chi connectivity index (χ4v) is 8.99. The van der Waals surface area contributed by atoms with Crippen molar-refractivity contribution in [2.75, 3.05) is 6.61 Å². The minimum absolute atomic E-state index is 0.102. The summed E-state index contributed by atoms with van der Waals surface area (Å²) in [5, 5.41) is 23.2. The molecule has 0 aromatic heterocycles. The smallest absolute Gasteiger partial charge is 0.220 e. The summed E-state index contributed by atoms with van der Waals surface area (Å²) in [6.45, 7) is 4.18. The zero-order valence-electron chi connectivity index (χ0n) is 49.7. The van der Waals surface area contributed by atoms with Crippen LogP contribution in [-0.2, 0) is 4.79 Å². The Morgan fingerprint density at radius 2 is 0.592 bits per heavy atom. The topological polar surface area (TPSA) is 69.6 Å². The predicted molar refractivity (Wildman–Crippen MR) is 340 cm³/mol. The lowest BCUT2D eigenvalue weighted by Crippen LogP contribution is -2.45. The molecule has 0 aliphatic carbocycles. The molecule has 0 radical (unpaired) electrons. The van der Waals surface area contributed by atoms with Crippen LogP contribution in [0.5, 0.6) is 0 Å². The van der Waals surface area contributed by atoms with Gasteiger partial charge in [0.1, 0.15) is 0 Å². The third kappa shape index (κ3) is 61.1. The third-order valence-corrected chi connectivity index (χ3v) is 13.8. The molecule has 4 heteroatoms. The number of aliphatic hydroxyl groups is 2. The molecule has 4 nitrogen and oxygen atoms in total. The van der Waals surface area contributed by atoms with Crippen LogP contribution in [-0.4, -0.2) is 34.9 Å². The number of aliphatic hydroxyl groups excluding tert-OH is 2. The van der Waals surface area contributed by atoms with Gasteiger partial charge in [0, 0.05) is 6.42 Å². The lowest BCUT2D eigenvalue weighted by Gasteiger charge is -2.19. The second-order valence-corrected chi connectivity index (χ2v) is 21.1. The van der Waals surface area contributed by atoms with Crippen molar-refractivity contribution in [2.45, 2.75) is 296 Å². The quantitative estimate of drug-likeness (QED) is 0.0420. The molecule has 0 spiro atoms. The maximum atomic E-state index is 12.5. The number of nitrogens with one attached hydrogen (secondary N) is 1. The van der Waals surface area contributed by atoms with Gasteiger partial charge in [0.2, 0.25) is 5.91 Å². The molecule has 0 aromatic carbocycles. The summed E-state index contributed by atoms with van der Waals surface area (Å²) in [4.78, 5) is 12.5. The van der Waals surface area contributed by atoms with Crippen molar-refractivity contribution in [1.82, 2.24) is 5.32 Å². The highest BCUT2D eigenvalue weighted by Crippen LogP contribution is 2.16. The monoisotopic (exact) mass is 1050 g/mol. The van der Waals surface area contributed by atoms with Gasteiger partial charge in [-0.15, -0.1) is 0 Å². The lowest BCUT2D eigenvalue weighted by atomic mass is 10.0. The molecular formula is C72H121NO3. The van der Waals surface area contributed by atoms with E-state index in [4.69, 9.17) is 0 Å². The van der Waals surface area contributed by atoms with Crippen molar-refractivity contribution in [1.29, 1.82) is 0 Å². The van der Waals surface area contributed by atoms with Gasteiger partial charge in [-0.1, -0.05) is 314 Å². The van der Waals surface area contributed by atoms with Gasteiger partial charge in [-0.05, 0) is 109 Å². The second kappa shape index (κ2) is 65.6. The molecule has 0 aromatic rings. The van der Waals surface area contributed by atoms with Gasteiger partial charge in [0.05, 0.1) is 18.8 Å². The zero-order chi connectivity index (χ0) is 54.8. The van der Waals surface area contributed by atoms with Crippen molar-refractivity contribution in [3.63, 3.8) is 0 Å². The van der Waals surface area contributed by atoms with Gasteiger partial charge in [0.25, 0.3) is 0 Å².